The number of imidazole rings is 1. The van der Waals surface area contributed by atoms with Crippen molar-refractivity contribution >= 4 is 22.9 Å². The first-order valence-electron chi connectivity index (χ1n) is 5.46. The highest BCUT2D eigenvalue weighted by molar-refractivity contribution is 5.84. The maximum atomic E-state index is 5.67. The van der Waals surface area contributed by atoms with E-state index in [2.05, 4.69) is 31.8 Å². The van der Waals surface area contributed by atoms with Crippen molar-refractivity contribution in [3.63, 3.8) is 0 Å². The van der Waals surface area contributed by atoms with Crippen LogP contribution < -0.4 is 10.6 Å². The van der Waals surface area contributed by atoms with Crippen LogP contribution in [0.5, 0.6) is 0 Å². The highest BCUT2D eigenvalue weighted by Crippen LogP contribution is 2.21. The topological polar surface area (TPSA) is 92.9 Å². The van der Waals surface area contributed by atoms with Crippen LogP contribution in [0.1, 0.15) is 6.92 Å². The summed E-state index contributed by atoms with van der Waals surface area (Å²) in [4.78, 5) is 17.5. The molecule has 2 heterocycles. The van der Waals surface area contributed by atoms with Gasteiger partial charge in [-0.25, -0.2) is 4.98 Å². The number of anilines is 2. The van der Waals surface area contributed by atoms with E-state index in [9.17, 15) is 0 Å². The summed E-state index contributed by atoms with van der Waals surface area (Å²) in [6.45, 7) is 4.25. The first-order chi connectivity index (χ1) is 8.26. The number of methoxy groups -OCH3 is 1. The first-order valence-corrected chi connectivity index (χ1v) is 5.46. The van der Waals surface area contributed by atoms with Gasteiger partial charge in [0.2, 0.25) is 5.95 Å². The number of nitrogens with zero attached hydrogens (tertiary/aromatic N) is 4. The molecule has 0 atom stereocenters. The van der Waals surface area contributed by atoms with Gasteiger partial charge in [-0.15, -0.1) is 0 Å². The third kappa shape index (κ3) is 2.28. The number of fused-ring (bicyclic) bond motifs is 1. The lowest BCUT2D eigenvalue weighted by Crippen LogP contribution is -2.28. The average molecular weight is 236 g/mol. The third-order valence-corrected chi connectivity index (χ3v) is 2.53. The van der Waals surface area contributed by atoms with E-state index in [4.69, 9.17) is 10.5 Å². The summed E-state index contributed by atoms with van der Waals surface area (Å²) in [6.07, 6.45) is 1.59. The van der Waals surface area contributed by atoms with Gasteiger partial charge in [0.1, 0.15) is 5.52 Å². The number of aromatic amines is 1. The smallest absolute Gasteiger partial charge is 0.224 e. The molecule has 3 N–H and O–H groups in total. The van der Waals surface area contributed by atoms with Crippen LogP contribution in [0.3, 0.4) is 0 Å². The molecule has 0 aliphatic rings. The lowest BCUT2D eigenvalue weighted by Gasteiger charge is -2.21. The quantitative estimate of drug-likeness (QED) is 0.781. The molecule has 7 nitrogen and oxygen atoms in total. The lowest BCUT2D eigenvalue weighted by atomic mass is 10.4. The summed E-state index contributed by atoms with van der Waals surface area (Å²) < 4.78 is 5.08. The molecule has 2 aromatic heterocycles. The number of nitrogens with two attached hydrogens (primary N) is 1. The van der Waals surface area contributed by atoms with E-state index in [1.165, 1.54) is 0 Å². The molecular formula is C10H16N6O. The molecule has 0 aromatic carbocycles. The standard InChI is InChI=1S/C10H16N6O/c1-3-16(4-5-17-2)9-7-8(13-6-12-7)14-10(11)15-9/h6H,3-5H2,1-2H3,(H3,11,12,13,14,15). The summed E-state index contributed by atoms with van der Waals surface area (Å²) in [6, 6.07) is 0. The van der Waals surface area contributed by atoms with E-state index in [1.807, 2.05) is 0 Å². The van der Waals surface area contributed by atoms with E-state index < -0.39 is 0 Å². The van der Waals surface area contributed by atoms with Crippen LogP contribution in [0, 0.1) is 0 Å². The molecule has 0 bridgehead atoms. The zero-order valence-corrected chi connectivity index (χ0v) is 9.97. The molecule has 0 fully saturated rings. The van der Waals surface area contributed by atoms with Gasteiger partial charge >= 0.3 is 0 Å². The number of nitrogen functional groups attached to an aromatic ring is 1. The predicted molar refractivity (Wildman–Crippen MR) is 65.9 cm³/mol. The summed E-state index contributed by atoms with van der Waals surface area (Å²) in [5.41, 5.74) is 7.06. The SMILES string of the molecule is CCN(CCOC)c1nc(N)nc2nc[nH]c12. The molecule has 2 aromatic rings. The molecule has 0 aliphatic heterocycles. The van der Waals surface area contributed by atoms with Crippen molar-refractivity contribution in [2.24, 2.45) is 0 Å². The van der Waals surface area contributed by atoms with Crippen LogP contribution >= 0.6 is 0 Å². The van der Waals surface area contributed by atoms with Gasteiger partial charge in [-0.2, -0.15) is 9.97 Å². The molecule has 0 unspecified atom stereocenters. The molecule has 2 rings (SSSR count). The number of likely N-dealkylation sites (N-methyl/N-ethyl adjacent to an activating group) is 1. The number of rotatable bonds is 5. The minimum Gasteiger partial charge on any atom is -0.383 e. The molecule has 0 saturated heterocycles. The van der Waals surface area contributed by atoms with Gasteiger partial charge in [-0.1, -0.05) is 0 Å². The number of H-pyrrole nitrogens is 1. The Balaban J connectivity index is 2.40. The van der Waals surface area contributed by atoms with Gasteiger partial charge in [0, 0.05) is 20.2 Å². The van der Waals surface area contributed by atoms with E-state index >= 15 is 0 Å². The van der Waals surface area contributed by atoms with E-state index in [1.54, 1.807) is 13.4 Å². The molecule has 0 amide bonds. The zero-order chi connectivity index (χ0) is 12.3. The summed E-state index contributed by atoms with van der Waals surface area (Å²) in [5.74, 6) is 1.00. The van der Waals surface area contributed by atoms with Gasteiger partial charge in [-0.3, -0.25) is 0 Å². The van der Waals surface area contributed by atoms with E-state index in [0.29, 0.717) is 12.3 Å². The molecule has 92 valence electrons. The predicted octanol–water partition coefficient (Wildman–Crippen LogP) is 0.408. The van der Waals surface area contributed by atoms with Crippen LogP contribution in [0.15, 0.2) is 6.33 Å². The second-order valence-electron chi connectivity index (χ2n) is 3.58. The second kappa shape index (κ2) is 4.96. The Kier molecular flexibility index (Phi) is 3.38. The number of hydrogen-bond acceptors (Lipinski definition) is 6. The Hall–Kier alpha value is -1.89. The maximum Gasteiger partial charge on any atom is 0.224 e. The fraction of sp³-hybridized carbons (Fsp3) is 0.500. The van der Waals surface area contributed by atoms with Crippen LogP contribution in [-0.4, -0.2) is 46.7 Å². The van der Waals surface area contributed by atoms with Crippen molar-refractivity contribution in [1.82, 2.24) is 19.9 Å². The third-order valence-electron chi connectivity index (χ3n) is 2.53. The van der Waals surface area contributed by atoms with Gasteiger partial charge in [0.25, 0.3) is 0 Å². The van der Waals surface area contributed by atoms with Crippen molar-refractivity contribution in [3.8, 4) is 0 Å². The second-order valence-corrected chi connectivity index (χ2v) is 3.58. The van der Waals surface area contributed by atoms with Gasteiger partial charge in [0.05, 0.1) is 12.9 Å². The van der Waals surface area contributed by atoms with E-state index in [-0.39, 0.29) is 5.95 Å². The largest absolute Gasteiger partial charge is 0.383 e. The highest BCUT2D eigenvalue weighted by Gasteiger charge is 2.13. The molecule has 0 spiro atoms. The maximum absolute atomic E-state index is 5.67. The lowest BCUT2D eigenvalue weighted by molar-refractivity contribution is 0.205. The van der Waals surface area contributed by atoms with Gasteiger partial charge in [-0.05, 0) is 6.92 Å². The highest BCUT2D eigenvalue weighted by atomic mass is 16.5. The summed E-state index contributed by atoms with van der Waals surface area (Å²) in [7, 11) is 1.67. The number of aromatic nitrogens is 4. The monoisotopic (exact) mass is 236 g/mol. The molecule has 0 radical (unpaired) electrons. The fourth-order valence-corrected chi connectivity index (χ4v) is 1.68. The summed E-state index contributed by atoms with van der Waals surface area (Å²) >= 11 is 0. The number of ether oxygens (including phenoxy) is 1. The van der Waals surface area contributed by atoms with E-state index in [0.717, 1.165) is 24.4 Å². The van der Waals surface area contributed by atoms with Crippen molar-refractivity contribution in [2.45, 2.75) is 6.92 Å². The summed E-state index contributed by atoms with van der Waals surface area (Å²) in [5, 5.41) is 0. The van der Waals surface area contributed by atoms with Crippen LogP contribution in [-0.2, 0) is 4.74 Å². The van der Waals surface area contributed by atoms with Crippen LogP contribution in [0.4, 0.5) is 11.8 Å². The van der Waals surface area contributed by atoms with Gasteiger partial charge < -0.3 is 20.4 Å². The van der Waals surface area contributed by atoms with Crippen LogP contribution in [0.25, 0.3) is 11.2 Å². The first kappa shape index (κ1) is 11.6. The average Bonchev–Trinajstić information content (AvgIpc) is 2.77. The number of nitrogens with one attached hydrogen (secondary N) is 1. The Labute approximate surface area is 99.0 Å². The molecule has 0 aliphatic carbocycles. The zero-order valence-electron chi connectivity index (χ0n) is 9.97. The molecular weight excluding hydrogens is 220 g/mol. The van der Waals surface area contributed by atoms with Gasteiger partial charge in [0.15, 0.2) is 11.5 Å². The Bertz CT molecular complexity index is 497. The molecule has 17 heavy (non-hydrogen) atoms. The minimum absolute atomic E-state index is 0.232. The van der Waals surface area contributed by atoms with Crippen molar-refractivity contribution < 1.29 is 4.74 Å². The number of hydrogen-bond donors (Lipinski definition) is 2. The normalized spacial score (nSPS) is 10.9. The minimum atomic E-state index is 0.232. The fourth-order valence-electron chi connectivity index (χ4n) is 1.68. The molecule has 7 heteroatoms. The Morgan fingerprint density at radius 1 is 1.47 bits per heavy atom. The molecule has 0 saturated carbocycles. The Morgan fingerprint density at radius 3 is 3.00 bits per heavy atom. The van der Waals surface area contributed by atoms with Crippen LogP contribution in [0.2, 0.25) is 0 Å². The van der Waals surface area contributed by atoms with Crippen molar-refractivity contribution in [3.05, 3.63) is 6.33 Å². The Morgan fingerprint density at radius 2 is 2.29 bits per heavy atom. The van der Waals surface area contributed by atoms with Crippen molar-refractivity contribution in [2.75, 3.05) is 37.4 Å². The van der Waals surface area contributed by atoms with Crippen molar-refractivity contribution in [1.29, 1.82) is 0 Å².